The summed E-state index contributed by atoms with van der Waals surface area (Å²) in [6.45, 7) is 0. The van der Waals surface area contributed by atoms with Crippen molar-refractivity contribution < 1.29 is 19.1 Å². The van der Waals surface area contributed by atoms with Crippen LogP contribution in [0.25, 0.3) is 5.57 Å². The smallest absolute Gasteiger partial charge is 0.356 e. The number of nitrogens with zero attached hydrogens (tertiary/aromatic N) is 4. The maximum atomic E-state index is 14.2. The van der Waals surface area contributed by atoms with Crippen LogP contribution in [-0.4, -0.2) is 64.1 Å². The Morgan fingerprint density at radius 3 is 2.14 bits per heavy atom. The summed E-state index contributed by atoms with van der Waals surface area (Å²) in [4.78, 5) is 43.9. The van der Waals surface area contributed by atoms with Crippen molar-refractivity contribution in [3.05, 3.63) is 118 Å². The van der Waals surface area contributed by atoms with Gasteiger partial charge in [-0.05, 0) is 16.7 Å². The van der Waals surface area contributed by atoms with Crippen LogP contribution < -0.4 is 10.2 Å². The van der Waals surface area contributed by atoms with Crippen LogP contribution in [0.2, 0.25) is 0 Å². The van der Waals surface area contributed by atoms with E-state index in [4.69, 9.17) is 4.74 Å². The number of rotatable bonds is 9. The highest BCUT2D eigenvalue weighted by atomic mass is 32.2. The van der Waals surface area contributed by atoms with Crippen molar-refractivity contribution in [3.63, 3.8) is 0 Å². The molecule has 1 unspecified atom stereocenters. The molecule has 2 aliphatic rings. The summed E-state index contributed by atoms with van der Waals surface area (Å²) in [5.74, 6) is -0.858. The van der Waals surface area contributed by atoms with E-state index < -0.39 is 23.5 Å². The fourth-order valence-corrected chi connectivity index (χ4v) is 7.29. The molecular weight excluding hydrogens is 583 g/mol. The van der Waals surface area contributed by atoms with Gasteiger partial charge in [-0.25, -0.2) is 4.79 Å². The number of hydrogen-bond acceptors (Lipinski definition) is 9. The fraction of sp³-hybridized carbons (Fsp3) is 0.219. The minimum atomic E-state index is -0.753. The van der Waals surface area contributed by atoms with Crippen LogP contribution in [0.1, 0.15) is 27.8 Å². The van der Waals surface area contributed by atoms with Gasteiger partial charge >= 0.3 is 5.97 Å². The molecule has 1 aromatic heterocycles. The number of esters is 1. The lowest BCUT2D eigenvalue weighted by Crippen LogP contribution is -2.70. The number of β-lactam (4-membered cyclic amide) rings is 1. The summed E-state index contributed by atoms with van der Waals surface area (Å²) in [6.07, 6.45) is -0.535. The van der Waals surface area contributed by atoms with Crippen molar-refractivity contribution in [2.24, 2.45) is 0 Å². The number of anilines is 1. The van der Waals surface area contributed by atoms with Gasteiger partial charge in [-0.1, -0.05) is 102 Å². The van der Waals surface area contributed by atoms with Gasteiger partial charge in [0, 0.05) is 25.4 Å². The molecule has 11 heteroatoms. The number of carbonyl (C=O) groups is 3. The SMILES string of the molecule is CN(C)c1nnc(C2=C(C(=O)OC(c3ccccc3)c3ccccc3)N3C(=O)C(NC(=O)Cc4ccccc4)[C@@H]3SC2)s1. The van der Waals surface area contributed by atoms with Gasteiger partial charge in [0.2, 0.25) is 11.0 Å². The molecule has 2 atom stereocenters. The van der Waals surface area contributed by atoms with Crippen molar-refractivity contribution in [2.45, 2.75) is 23.9 Å². The molecule has 4 aromatic rings. The maximum absolute atomic E-state index is 14.2. The maximum Gasteiger partial charge on any atom is 0.356 e. The number of nitrogens with one attached hydrogen (secondary N) is 1. The average Bonchev–Trinajstić information content (AvgIpc) is 3.54. The van der Waals surface area contributed by atoms with E-state index in [1.165, 1.54) is 28.0 Å². The number of thioether (sulfide) groups is 1. The molecular formula is C32H29N5O4S2. The van der Waals surface area contributed by atoms with E-state index in [9.17, 15) is 14.4 Å². The van der Waals surface area contributed by atoms with E-state index in [1.807, 2.05) is 110 Å². The lowest BCUT2D eigenvalue weighted by Gasteiger charge is -2.49. The van der Waals surface area contributed by atoms with E-state index in [1.54, 1.807) is 0 Å². The molecule has 1 N–H and O–H groups in total. The Bertz CT molecular complexity index is 1620. The van der Waals surface area contributed by atoms with Gasteiger partial charge < -0.3 is 15.0 Å². The van der Waals surface area contributed by atoms with Crippen molar-refractivity contribution in [2.75, 3.05) is 24.7 Å². The molecule has 3 heterocycles. The first-order chi connectivity index (χ1) is 20.9. The van der Waals surface area contributed by atoms with Crippen molar-refractivity contribution in [1.29, 1.82) is 0 Å². The topological polar surface area (TPSA) is 105 Å². The number of amides is 2. The van der Waals surface area contributed by atoms with Crippen molar-refractivity contribution >= 4 is 51.6 Å². The molecule has 43 heavy (non-hydrogen) atoms. The van der Waals surface area contributed by atoms with E-state index in [-0.39, 0.29) is 23.9 Å². The predicted molar refractivity (Wildman–Crippen MR) is 167 cm³/mol. The minimum absolute atomic E-state index is 0.139. The van der Waals surface area contributed by atoms with Crippen LogP contribution in [0.15, 0.2) is 96.7 Å². The Morgan fingerprint density at radius 1 is 0.953 bits per heavy atom. The summed E-state index contributed by atoms with van der Waals surface area (Å²) in [6, 6.07) is 27.6. The van der Waals surface area contributed by atoms with E-state index in [2.05, 4.69) is 15.5 Å². The Labute approximate surface area is 257 Å². The van der Waals surface area contributed by atoms with Crippen LogP contribution in [-0.2, 0) is 25.5 Å². The minimum Gasteiger partial charge on any atom is -0.448 e. The highest BCUT2D eigenvalue weighted by molar-refractivity contribution is 8.00. The predicted octanol–water partition coefficient (Wildman–Crippen LogP) is 4.29. The van der Waals surface area contributed by atoms with Gasteiger partial charge in [0.1, 0.15) is 22.1 Å². The van der Waals surface area contributed by atoms with Crippen LogP contribution in [0.4, 0.5) is 5.13 Å². The number of ether oxygens (including phenoxy) is 1. The van der Waals surface area contributed by atoms with Crippen molar-refractivity contribution in [3.8, 4) is 0 Å². The molecule has 0 spiro atoms. The molecule has 6 rings (SSSR count). The second kappa shape index (κ2) is 12.4. The zero-order valence-electron chi connectivity index (χ0n) is 23.5. The van der Waals surface area contributed by atoms with Gasteiger partial charge in [0.05, 0.1) is 6.42 Å². The molecule has 0 radical (unpaired) electrons. The third-order valence-electron chi connectivity index (χ3n) is 7.17. The number of fused-ring (bicyclic) bond motifs is 1. The van der Waals surface area contributed by atoms with Crippen LogP contribution in [0.3, 0.4) is 0 Å². The number of aromatic nitrogens is 2. The molecule has 3 aromatic carbocycles. The molecule has 1 saturated heterocycles. The second-order valence-electron chi connectivity index (χ2n) is 10.3. The Balaban J connectivity index is 1.32. The average molecular weight is 612 g/mol. The monoisotopic (exact) mass is 611 g/mol. The van der Waals surface area contributed by atoms with Gasteiger partial charge in [-0.2, -0.15) is 0 Å². The highest BCUT2D eigenvalue weighted by Crippen LogP contribution is 2.45. The summed E-state index contributed by atoms with van der Waals surface area (Å²) in [5.41, 5.74) is 3.18. The van der Waals surface area contributed by atoms with Gasteiger partial charge in [0.15, 0.2) is 6.10 Å². The van der Waals surface area contributed by atoms with Crippen LogP contribution >= 0.6 is 23.1 Å². The van der Waals surface area contributed by atoms with Crippen LogP contribution in [0.5, 0.6) is 0 Å². The van der Waals surface area contributed by atoms with Gasteiger partial charge in [-0.3, -0.25) is 14.5 Å². The summed E-state index contributed by atoms with van der Waals surface area (Å²) in [5, 5.41) is 12.3. The largest absolute Gasteiger partial charge is 0.448 e. The van der Waals surface area contributed by atoms with Crippen LogP contribution in [0, 0.1) is 0 Å². The molecule has 1 fully saturated rings. The molecule has 0 bridgehead atoms. The summed E-state index contributed by atoms with van der Waals surface area (Å²) < 4.78 is 6.22. The zero-order chi connectivity index (χ0) is 29.9. The third kappa shape index (κ3) is 5.91. The quantitative estimate of drug-likeness (QED) is 0.221. The Hall–Kier alpha value is -4.48. The molecule has 2 amide bonds. The van der Waals surface area contributed by atoms with Gasteiger partial charge in [-0.15, -0.1) is 22.0 Å². The van der Waals surface area contributed by atoms with E-state index >= 15 is 0 Å². The van der Waals surface area contributed by atoms with E-state index in [0.717, 1.165) is 16.7 Å². The third-order valence-corrected chi connectivity index (χ3v) is 9.60. The standard InChI is InChI=1S/C32H29N5O4S2/c1-36(2)32-35-34-28(43-32)23-19-42-30-25(33-24(38)18-20-12-6-3-7-13-20)29(39)37(30)26(23)31(40)41-27(21-14-8-4-9-15-21)22-16-10-5-11-17-22/h3-17,25,27,30H,18-19H2,1-2H3,(H,33,38)/t25?,30-/m0/s1. The van der Waals surface area contributed by atoms with Gasteiger partial charge in [0.25, 0.3) is 5.91 Å². The normalized spacial score (nSPS) is 17.7. The highest BCUT2D eigenvalue weighted by Gasteiger charge is 2.55. The Kier molecular flexibility index (Phi) is 8.26. The Morgan fingerprint density at radius 2 is 1.56 bits per heavy atom. The lowest BCUT2D eigenvalue weighted by atomic mass is 10.0. The molecule has 2 aliphatic heterocycles. The molecule has 218 valence electrons. The van der Waals surface area contributed by atoms with E-state index in [0.29, 0.717) is 21.5 Å². The second-order valence-corrected chi connectivity index (χ2v) is 12.4. The number of hydrogen-bond donors (Lipinski definition) is 1. The first-order valence-electron chi connectivity index (χ1n) is 13.7. The molecule has 9 nitrogen and oxygen atoms in total. The first kappa shape index (κ1) is 28.6. The number of carbonyl (C=O) groups excluding carboxylic acids is 3. The zero-order valence-corrected chi connectivity index (χ0v) is 25.2. The molecule has 0 saturated carbocycles. The fourth-order valence-electron chi connectivity index (χ4n) is 5.04. The molecule has 0 aliphatic carbocycles. The summed E-state index contributed by atoms with van der Waals surface area (Å²) in [7, 11) is 3.73. The lowest BCUT2D eigenvalue weighted by molar-refractivity contribution is -0.154. The first-order valence-corrected chi connectivity index (χ1v) is 15.6. The summed E-state index contributed by atoms with van der Waals surface area (Å²) >= 11 is 2.82. The van der Waals surface area contributed by atoms with Crippen molar-refractivity contribution in [1.82, 2.24) is 20.4 Å². The number of benzene rings is 3.